The van der Waals surface area contributed by atoms with E-state index in [1.807, 2.05) is 66.9 Å². The number of ether oxygens (including phenoxy) is 1. The van der Waals surface area contributed by atoms with Crippen LogP contribution in [0.2, 0.25) is 0 Å². The Hall–Kier alpha value is -5.15. The Labute approximate surface area is 232 Å². The molecule has 196 valence electrons. The quantitative estimate of drug-likeness (QED) is 0.238. The Morgan fingerprint density at radius 1 is 0.950 bits per heavy atom. The standard InChI is InChI=1S/C31H22FN5O2S/c1-2-18-39-26-15-8-21(9-16-26)10-17-28-33-31-37(34-28)30(38)27(40-31)19-23-20-36(25-6-4-3-5-7-25)35-29(23)22-11-13-24(32)14-12-22/h2-17,19-20H,1,18H2/b17-10+,27-19-. The number of rotatable bonds is 8. The monoisotopic (exact) mass is 547 g/mol. The van der Waals surface area contributed by atoms with Crippen molar-refractivity contribution < 1.29 is 9.13 Å². The fourth-order valence-electron chi connectivity index (χ4n) is 4.10. The van der Waals surface area contributed by atoms with E-state index in [2.05, 4.69) is 16.7 Å². The van der Waals surface area contributed by atoms with Crippen LogP contribution in [0.1, 0.15) is 17.0 Å². The second-order valence-corrected chi connectivity index (χ2v) is 9.81. The van der Waals surface area contributed by atoms with Gasteiger partial charge < -0.3 is 4.74 Å². The molecule has 0 amide bonds. The number of hydrogen-bond donors (Lipinski definition) is 0. The highest BCUT2D eigenvalue weighted by molar-refractivity contribution is 7.15. The molecule has 0 radical (unpaired) electrons. The predicted molar refractivity (Wildman–Crippen MR) is 156 cm³/mol. The molecule has 0 aliphatic rings. The first kappa shape index (κ1) is 25.1. The molecule has 6 rings (SSSR count). The van der Waals surface area contributed by atoms with Crippen molar-refractivity contribution in [2.24, 2.45) is 0 Å². The molecule has 0 aliphatic heterocycles. The van der Waals surface area contributed by atoms with Crippen LogP contribution >= 0.6 is 11.3 Å². The molecule has 0 N–H and O–H groups in total. The number of halogens is 1. The number of fused-ring (bicyclic) bond motifs is 1. The summed E-state index contributed by atoms with van der Waals surface area (Å²) in [5.41, 5.74) is 3.63. The summed E-state index contributed by atoms with van der Waals surface area (Å²) >= 11 is 1.25. The van der Waals surface area contributed by atoms with Crippen molar-refractivity contribution in [1.29, 1.82) is 0 Å². The van der Waals surface area contributed by atoms with E-state index in [1.54, 1.807) is 35.0 Å². The van der Waals surface area contributed by atoms with E-state index >= 15 is 0 Å². The van der Waals surface area contributed by atoms with Crippen LogP contribution in [0.15, 0.2) is 103 Å². The molecule has 0 saturated heterocycles. The molecule has 6 aromatic rings. The highest BCUT2D eigenvalue weighted by Gasteiger charge is 2.14. The van der Waals surface area contributed by atoms with Crippen LogP contribution in [0.5, 0.6) is 5.75 Å². The van der Waals surface area contributed by atoms with Gasteiger partial charge in [0.05, 0.1) is 10.2 Å². The minimum absolute atomic E-state index is 0.270. The van der Waals surface area contributed by atoms with Crippen molar-refractivity contribution in [3.63, 3.8) is 0 Å². The number of thiazole rings is 1. The van der Waals surface area contributed by atoms with Crippen molar-refractivity contribution in [2.45, 2.75) is 0 Å². The van der Waals surface area contributed by atoms with Crippen LogP contribution in [-0.2, 0) is 0 Å². The number of aromatic nitrogens is 5. The summed E-state index contributed by atoms with van der Waals surface area (Å²) in [6, 6.07) is 23.4. The van der Waals surface area contributed by atoms with Crippen molar-refractivity contribution in [3.8, 4) is 22.7 Å². The first-order chi connectivity index (χ1) is 19.6. The Bertz CT molecular complexity index is 1940. The normalized spacial score (nSPS) is 12.0. The summed E-state index contributed by atoms with van der Waals surface area (Å²) in [5.74, 6) is 0.865. The molecule has 9 heteroatoms. The molecule has 3 aromatic carbocycles. The molecule has 0 aliphatic carbocycles. The lowest BCUT2D eigenvalue weighted by atomic mass is 10.1. The Kier molecular flexibility index (Phi) is 6.86. The summed E-state index contributed by atoms with van der Waals surface area (Å²) in [6.07, 6.45) is 8.96. The van der Waals surface area contributed by atoms with Gasteiger partial charge in [-0.05, 0) is 66.2 Å². The average molecular weight is 548 g/mol. The van der Waals surface area contributed by atoms with E-state index in [0.29, 0.717) is 27.6 Å². The van der Waals surface area contributed by atoms with E-state index in [4.69, 9.17) is 9.84 Å². The highest BCUT2D eigenvalue weighted by atomic mass is 32.1. The minimum atomic E-state index is -0.330. The Balaban J connectivity index is 1.33. The molecule has 3 aromatic heterocycles. The molecular weight excluding hydrogens is 525 g/mol. The van der Waals surface area contributed by atoms with Crippen LogP contribution in [0.4, 0.5) is 4.39 Å². The maximum Gasteiger partial charge on any atom is 0.291 e. The van der Waals surface area contributed by atoms with Gasteiger partial charge in [-0.3, -0.25) is 4.79 Å². The summed E-state index contributed by atoms with van der Waals surface area (Å²) in [4.78, 5) is 18.2. The lowest BCUT2D eigenvalue weighted by molar-refractivity contribution is 0.363. The third-order valence-corrected chi connectivity index (χ3v) is 7.00. The molecule has 0 atom stereocenters. The first-order valence-electron chi connectivity index (χ1n) is 12.4. The maximum atomic E-state index is 13.6. The smallest absolute Gasteiger partial charge is 0.291 e. The van der Waals surface area contributed by atoms with Crippen LogP contribution in [0.3, 0.4) is 0 Å². The number of benzene rings is 3. The number of nitrogens with zero attached hydrogens (tertiary/aromatic N) is 5. The molecular formula is C31H22FN5O2S. The van der Waals surface area contributed by atoms with Crippen molar-refractivity contribution in [3.05, 3.63) is 135 Å². The molecule has 0 spiro atoms. The van der Waals surface area contributed by atoms with Crippen molar-refractivity contribution >= 4 is 34.5 Å². The van der Waals surface area contributed by atoms with Gasteiger partial charge >= 0.3 is 0 Å². The highest BCUT2D eigenvalue weighted by Crippen LogP contribution is 2.25. The minimum Gasteiger partial charge on any atom is -0.490 e. The average Bonchev–Trinajstić information content (AvgIpc) is 3.67. The largest absolute Gasteiger partial charge is 0.490 e. The van der Waals surface area contributed by atoms with E-state index < -0.39 is 0 Å². The van der Waals surface area contributed by atoms with Crippen LogP contribution in [0, 0.1) is 5.82 Å². The van der Waals surface area contributed by atoms with E-state index in [9.17, 15) is 9.18 Å². The molecule has 3 heterocycles. The van der Waals surface area contributed by atoms with Gasteiger partial charge in [0.15, 0.2) is 5.82 Å². The second kappa shape index (κ2) is 10.9. The molecule has 0 bridgehead atoms. The van der Waals surface area contributed by atoms with Gasteiger partial charge in [0.2, 0.25) is 4.96 Å². The van der Waals surface area contributed by atoms with Gasteiger partial charge in [0.1, 0.15) is 23.9 Å². The van der Waals surface area contributed by atoms with E-state index in [0.717, 1.165) is 28.1 Å². The molecule has 0 unspecified atom stereocenters. The third kappa shape index (κ3) is 5.23. The Morgan fingerprint density at radius 3 is 2.45 bits per heavy atom. The fourth-order valence-corrected chi connectivity index (χ4v) is 5.01. The van der Waals surface area contributed by atoms with Gasteiger partial charge in [-0.25, -0.2) is 9.07 Å². The predicted octanol–water partition coefficient (Wildman–Crippen LogP) is 5.43. The van der Waals surface area contributed by atoms with Gasteiger partial charge in [0.25, 0.3) is 5.56 Å². The Morgan fingerprint density at radius 2 is 1.73 bits per heavy atom. The summed E-state index contributed by atoms with van der Waals surface area (Å²) in [7, 11) is 0. The molecule has 7 nitrogen and oxygen atoms in total. The van der Waals surface area contributed by atoms with Gasteiger partial charge in [-0.2, -0.15) is 14.6 Å². The summed E-state index contributed by atoms with van der Waals surface area (Å²) < 4.78 is 22.6. The van der Waals surface area contributed by atoms with Crippen molar-refractivity contribution in [1.82, 2.24) is 24.4 Å². The first-order valence-corrected chi connectivity index (χ1v) is 13.2. The van der Waals surface area contributed by atoms with Crippen molar-refractivity contribution in [2.75, 3.05) is 6.61 Å². The van der Waals surface area contributed by atoms with Gasteiger partial charge in [0, 0.05) is 17.3 Å². The lowest BCUT2D eigenvalue weighted by Gasteiger charge is -2.02. The van der Waals surface area contributed by atoms with Crippen LogP contribution in [0.25, 0.3) is 40.1 Å². The van der Waals surface area contributed by atoms with E-state index in [-0.39, 0.29) is 11.4 Å². The molecule has 40 heavy (non-hydrogen) atoms. The van der Waals surface area contributed by atoms with Gasteiger partial charge in [-0.1, -0.05) is 60.4 Å². The molecule has 0 fully saturated rings. The zero-order chi connectivity index (χ0) is 27.5. The second-order valence-electron chi connectivity index (χ2n) is 8.80. The lowest BCUT2D eigenvalue weighted by Crippen LogP contribution is -2.23. The third-order valence-electron chi connectivity index (χ3n) is 6.04. The number of hydrogen-bond acceptors (Lipinski definition) is 6. The fraction of sp³-hybridized carbons (Fsp3) is 0.0323. The van der Waals surface area contributed by atoms with E-state index in [1.165, 1.54) is 28.0 Å². The van der Waals surface area contributed by atoms with Gasteiger partial charge in [-0.15, -0.1) is 5.10 Å². The zero-order valence-electron chi connectivity index (χ0n) is 21.1. The number of para-hydroxylation sites is 1. The summed E-state index contributed by atoms with van der Waals surface area (Å²) in [5, 5.41) is 9.13. The summed E-state index contributed by atoms with van der Waals surface area (Å²) in [6.45, 7) is 4.09. The topological polar surface area (TPSA) is 74.3 Å². The SMILES string of the molecule is C=CCOc1ccc(/C=C/c2nc3s/c(=C\c4cn(-c5ccccc5)nc4-c4ccc(F)cc4)c(=O)n3n2)cc1. The molecule has 0 saturated carbocycles. The van der Waals surface area contributed by atoms with Crippen LogP contribution in [-0.4, -0.2) is 31.0 Å². The maximum absolute atomic E-state index is 13.6. The van der Waals surface area contributed by atoms with Crippen LogP contribution < -0.4 is 14.8 Å². The zero-order valence-corrected chi connectivity index (χ0v) is 22.0.